The highest BCUT2D eigenvalue weighted by Crippen LogP contribution is 2.28. The zero-order valence-corrected chi connectivity index (χ0v) is 14.8. The van der Waals surface area contributed by atoms with Gasteiger partial charge in [-0.1, -0.05) is 18.7 Å². The summed E-state index contributed by atoms with van der Waals surface area (Å²) in [4.78, 5) is 15.3. The van der Waals surface area contributed by atoms with Gasteiger partial charge in [0, 0.05) is 17.4 Å². The first-order chi connectivity index (χ1) is 10.1. The van der Waals surface area contributed by atoms with Crippen molar-refractivity contribution in [3.63, 3.8) is 0 Å². The van der Waals surface area contributed by atoms with Crippen LogP contribution in [-0.4, -0.2) is 40.4 Å². The fraction of sp³-hybridized carbons (Fsp3) is 0.714. The summed E-state index contributed by atoms with van der Waals surface area (Å²) in [6.07, 6.45) is 3.22. The Hall–Kier alpha value is -0.300. The molecule has 0 aliphatic heterocycles. The van der Waals surface area contributed by atoms with Gasteiger partial charge in [0.1, 0.15) is 0 Å². The van der Waals surface area contributed by atoms with Crippen molar-refractivity contribution >= 4 is 40.7 Å². The summed E-state index contributed by atoms with van der Waals surface area (Å²) in [5, 5.41) is 10.7. The minimum atomic E-state index is -0.332. The second kappa shape index (κ2) is 10.4. The highest BCUT2D eigenvalue weighted by Gasteiger charge is 2.21. The zero-order chi connectivity index (χ0) is 15.7. The Kier molecular flexibility index (Phi) is 9.31. The number of carbonyl (C=O) groups is 1. The molecule has 2 unspecified atom stereocenters. The minimum absolute atomic E-state index is 0.323. The molecule has 1 heterocycles. The standard InChI is InChI=1S/C8H11NO2S2.C6H11ClO/c1-3-11-7(10)6-5-13-8(9-6)12-4-2;7-6-2-1-5(3-6)4-8/h5H,3-4H2,1-2H3;5-6,8H,1-4H2. The van der Waals surface area contributed by atoms with Crippen LogP contribution in [0.5, 0.6) is 0 Å². The molecule has 1 N–H and O–H groups in total. The fourth-order valence-corrected chi connectivity index (χ4v) is 4.00. The first-order valence-electron chi connectivity index (χ1n) is 7.11. The maximum atomic E-state index is 11.2. The van der Waals surface area contributed by atoms with Gasteiger partial charge in [-0.15, -0.1) is 22.9 Å². The molecule has 4 nitrogen and oxygen atoms in total. The molecule has 1 aliphatic rings. The highest BCUT2D eigenvalue weighted by molar-refractivity contribution is 8.00. The van der Waals surface area contributed by atoms with Gasteiger partial charge in [-0.2, -0.15) is 0 Å². The highest BCUT2D eigenvalue weighted by atomic mass is 35.5. The van der Waals surface area contributed by atoms with Crippen LogP contribution < -0.4 is 0 Å². The van der Waals surface area contributed by atoms with E-state index in [1.54, 1.807) is 24.1 Å². The van der Waals surface area contributed by atoms with E-state index in [0.717, 1.165) is 29.4 Å². The zero-order valence-electron chi connectivity index (χ0n) is 12.4. The Bertz CT molecular complexity index is 428. The molecular weight excluding hydrogens is 330 g/mol. The van der Waals surface area contributed by atoms with Crippen molar-refractivity contribution in [1.82, 2.24) is 4.98 Å². The molecule has 1 saturated carbocycles. The Labute approximate surface area is 139 Å². The van der Waals surface area contributed by atoms with Crippen LogP contribution in [0.4, 0.5) is 0 Å². The van der Waals surface area contributed by atoms with Crippen LogP contribution in [0.2, 0.25) is 0 Å². The molecule has 1 fully saturated rings. The number of hydrogen-bond donors (Lipinski definition) is 1. The van der Waals surface area contributed by atoms with Crippen molar-refractivity contribution in [2.75, 3.05) is 19.0 Å². The summed E-state index contributed by atoms with van der Waals surface area (Å²) in [6, 6.07) is 0. The van der Waals surface area contributed by atoms with Gasteiger partial charge in [0.25, 0.3) is 0 Å². The van der Waals surface area contributed by atoms with Crippen LogP contribution in [0.25, 0.3) is 0 Å². The lowest BCUT2D eigenvalue weighted by atomic mass is 10.1. The average Bonchev–Trinajstić information content (AvgIpc) is 3.09. The van der Waals surface area contributed by atoms with Gasteiger partial charge >= 0.3 is 5.97 Å². The number of carbonyl (C=O) groups excluding carboxylic acids is 1. The SMILES string of the molecule is CCOC(=O)c1csc(SCC)n1.OCC1CCC(Cl)C1. The number of esters is 1. The summed E-state index contributed by atoms with van der Waals surface area (Å²) in [7, 11) is 0. The van der Waals surface area contributed by atoms with Crippen LogP contribution in [-0.2, 0) is 4.74 Å². The molecule has 1 aromatic heterocycles. The number of aliphatic hydroxyl groups excluding tert-OH is 1. The van der Waals surface area contributed by atoms with Crippen LogP contribution in [0, 0.1) is 5.92 Å². The lowest BCUT2D eigenvalue weighted by Gasteiger charge is -2.00. The number of thioether (sulfide) groups is 1. The third-order valence-electron chi connectivity index (χ3n) is 2.97. The number of nitrogens with zero attached hydrogens (tertiary/aromatic N) is 1. The first-order valence-corrected chi connectivity index (χ1v) is 9.41. The van der Waals surface area contributed by atoms with Crippen molar-refractivity contribution < 1.29 is 14.6 Å². The Morgan fingerprint density at radius 2 is 2.33 bits per heavy atom. The predicted octanol–water partition coefficient (Wildman–Crippen LogP) is 3.82. The van der Waals surface area contributed by atoms with E-state index in [0.29, 0.717) is 30.2 Å². The average molecular weight is 352 g/mol. The Morgan fingerprint density at radius 3 is 2.81 bits per heavy atom. The van der Waals surface area contributed by atoms with Gasteiger partial charge in [0.15, 0.2) is 10.0 Å². The molecule has 0 aromatic carbocycles. The van der Waals surface area contributed by atoms with E-state index in [4.69, 9.17) is 21.4 Å². The molecule has 0 amide bonds. The third kappa shape index (κ3) is 7.00. The minimum Gasteiger partial charge on any atom is -0.461 e. The number of halogens is 1. The molecular formula is C14H22ClNO3S2. The van der Waals surface area contributed by atoms with Gasteiger partial charge < -0.3 is 9.84 Å². The number of hydrogen-bond acceptors (Lipinski definition) is 6. The van der Waals surface area contributed by atoms with E-state index in [1.165, 1.54) is 11.3 Å². The Morgan fingerprint density at radius 1 is 1.57 bits per heavy atom. The normalized spacial score (nSPS) is 20.8. The van der Waals surface area contributed by atoms with E-state index < -0.39 is 0 Å². The number of ether oxygens (including phenoxy) is 1. The molecule has 1 aliphatic carbocycles. The van der Waals surface area contributed by atoms with E-state index in [1.807, 2.05) is 0 Å². The lowest BCUT2D eigenvalue weighted by molar-refractivity contribution is 0.0520. The molecule has 0 spiro atoms. The molecule has 0 saturated heterocycles. The largest absolute Gasteiger partial charge is 0.461 e. The number of thiazole rings is 1. The quantitative estimate of drug-likeness (QED) is 0.496. The summed E-state index contributed by atoms with van der Waals surface area (Å²) in [5.74, 6) is 1.13. The molecule has 2 atom stereocenters. The lowest BCUT2D eigenvalue weighted by Crippen LogP contribution is -2.04. The fourth-order valence-electron chi connectivity index (χ4n) is 1.93. The van der Waals surface area contributed by atoms with Gasteiger partial charge in [0.2, 0.25) is 0 Å². The first kappa shape index (κ1) is 18.7. The summed E-state index contributed by atoms with van der Waals surface area (Å²) < 4.78 is 5.74. The van der Waals surface area contributed by atoms with Crippen LogP contribution in [0.15, 0.2) is 9.72 Å². The van der Waals surface area contributed by atoms with Crippen molar-refractivity contribution in [1.29, 1.82) is 0 Å². The molecule has 1 aromatic rings. The maximum absolute atomic E-state index is 11.2. The number of aromatic nitrogens is 1. The predicted molar refractivity (Wildman–Crippen MR) is 88.5 cm³/mol. The van der Waals surface area contributed by atoms with Gasteiger partial charge in [-0.3, -0.25) is 0 Å². The van der Waals surface area contributed by atoms with E-state index in [-0.39, 0.29) is 5.97 Å². The topological polar surface area (TPSA) is 59.4 Å². The van der Waals surface area contributed by atoms with E-state index in [2.05, 4.69) is 11.9 Å². The van der Waals surface area contributed by atoms with Gasteiger partial charge in [-0.05, 0) is 37.9 Å². The molecule has 120 valence electrons. The number of alkyl halides is 1. The number of rotatable bonds is 5. The molecule has 7 heteroatoms. The molecule has 0 bridgehead atoms. The van der Waals surface area contributed by atoms with Crippen LogP contribution >= 0.6 is 34.7 Å². The smallest absolute Gasteiger partial charge is 0.357 e. The number of aliphatic hydroxyl groups is 1. The second-order valence-corrected chi connectivity index (χ2v) is 7.60. The van der Waals surface area contributed by atoms with Crippen LogP contribution in [0.3, 0.4) is 0 Å². The van der Waals surface area contributed by atoms with Crippen molar-refractivity contribution in [2.24, 2.45) is 5.92 Å². The van der Waals surface area contributed by atoms with Gasteiger partial charge in [0.05, 0.1) is 6.61 Å². The summed E-state index contributed by atoms with van der Waals surface area (Å²) >= 11 is 8.89. The molecule has 0 radical (unpaired) electrons. The third-order valence-corrected chi connectivity index (χ3v) is 5.27. The second-order valence-electron chi connectivity index (χ2n) is 4.61. The van der Waals surface area contributed by atoms with Crippen molar-refractivity contribution in [3.8, 4) is 0 Å². The van der Waals surface area contributed by atoms with Gasteiger partial charge in [-0.25, -0.2) is 9.78 Å². The summed E-state index contributed by atoms with van der Waals surface area (Å²) in [5.41, 5.74) is 0.419. The van der Waals surface area contributed by atoms with Crippen molar-refractivity contribution in [3.05, 3.63) is 11.1 Å². The van der Waals surface area contributed by atoms with Crippen molar-refractivity contribution in [2.45, 2.75) is 42.8 Å². The Balaban J connectivity index is 0.000000235. The van der Waals surface area contributed by atoms with Crippen LogP contribution in [0.1, 0.15) is 43.6 Å². The maximum Gasteiger partial charge on any atom is 0.357 e. The monoisotopic (exact) mass is 351 g/mol. The van der Waals surface area contributed by atoms with E-state index in [9.17, 15) is 4.79 Å². The van der Waals surface area contributed by atoms with E-state index >= 15 is 0 Å². The molecule has 21 heavy (non-hydrogen) atoms. The summed E-state index contributed by atoms with van der Waals surface area (Å²) in [6.45, 7) is 4.55. The molecule has 2 rings (SSSR count).